The summed E-state index contributed by atoms with van der Waals surface area (Å²) >= 11 is 0. The molecule has 3 rings (SSSR count). The molecule has 0 radical (unpaired) electrons. The van der Waals surface area contributed by atoms with Crippen LogP contribution >= 0.6 is 0 Å². The summed E-state index contributed by atoms with van der Waals surface area (Å²) < 4.78 is 5.78. The van der Waals surface area contributed by atoms with Gasteiger partial charge in [-0.1, -0.05) is 42.5 Å². The third kappa shape index (κ3) is 3.47. The first-order chi connectivity index (χ1) is 11.1. The van der Waals surface area contributed by atoms with Crippen molar-refractivity contribution in [1.29, 1.82) is 0 Å². The van der Waals surface area contributed by atoms with Gasteiger partial charge in [0.25, 0.3) is 0 Å². The van der Waals surface area contributed by atoms with Gasteiger partial charge in [0.05, 0.1) is 6.04 Å². The van der Waals surface area contributed by atoms with Crippen LogP contribution in [0.15, 0.2) is 54.6 Å². The first-order valence-corrected chi connectivity index (χ1v) is 7.93. The van der Waals surface area contributed by atoms with Crippen molar-refractivity contribution in [3.05, 3.63) is 65.7 Å². The van der Waals surface area contributed by atoms with Gasteiger partial charge in [0.15, 0.2) is 0 Å². The molecule has 0 spiro atoms. The van der Waals surface area contributed by atoms with Crippen LogP contribution in [0.5, 0.6) is 5.75 Å². The fourth-order valence-electron chi connectivity index (χ4n) is 3.16. The molecule has 1 unspecified atom stereocenters. The molecule has 23 heavy (non-hydrogen) atoms. The van der Waals surface area contributed by atoms with Crippen molar-refractivity contribution in [2.24, 2.45) is 0 Å². The van der Waals surface area contributed by atoms with E-state index in [0.717, 1.165) is 29.7 Å². The van der Waals surface area contributed by atoms with Crippen molar-refractivity contribution < 1.29 is 14.6 Å². The highest BCUT2D eigenvalue weighted by molar-refractivity contribution is 5.66. The number of rotatable bonds is 4. The zero-order valence-electron chi connectivity index (χ0n) is 13.2. The van der Waals surface area contributed by atoms with Crippen molar-refractivity contribution in [3.8, 4) is 5.75 Å². The minimum atomic E-state index is -0.843. The summed E-state index contributed by atoms with van der Waals surface area (Å²) in [4.78, 5) is 13.0. The van der Waals surface area contributed by atoms with E-state index in [2.05, 4.69) is 0 Å². The van der Waals surface area contributed by atoms with Crippen LogP contribution in [0.1, 0.15) is 36.9 Å². The molecule has 1 aliphatic rings. The van der Waals surface area contributed by atoms with E-state index < -0.39 is 6.09 Å². The Morgan fingerprint density at radius 3 is 2.48 bits per heavy atom. The summed E-state index contributed by atoms with van der Waals surface area (Å²) in [5.41, 5.74) is 2.15. The summed E-state index contributed by atoms with van der Waals surface area (Å²) in [6.45, 7) is 2.49. The molecule has 1 N–H and O–H groups in total. The number of amides is 1. The maximum atomic E-state index is 11.4. The second kappa shape index (κ2) is 6.73. The van der Waals surface area contributed by atoms with Crippen LogP contribution < -0.4 is 4.74 Å². The van der Waals surface area contributed by atoms with Crippen LogP contribution in [0.25, 0.3) is 0 Å². The molecule has 0 bridgehead atoms. The van der Waals surface area contributed by atoms with E-state index in [4.69, 9.17) is 4.74 Å². The Balaban J connectivity index is 1.66. The van der Waals surface area contributed by atoms with Crippen molar-refractivity contribution >= 4 is 6.09 Å². The molecule has 4 heteroatoms. The number of likely N-dealkylation sites (tertiary alicyclic amines) is 1. The average Bonchev–Trinajstić information content (AvgIpc) is 2.96. The van der Waals surface area contributed by atoms with Gasteiger partial charge < -0.3 is 9.84 Å². The monoisotopic (exact) mass is 311 g/mol. The molecule has 120 valence electrons. The summed E-state index contributed by atoms with van der Waals surface area (Å²) in [6, 6.07) is 17.8. The standard InChI is InChI=1S/C19H21NO3/c1-14-7-12-18(20(14)19(21)22)16-8-10-17(11-9-16)23-13-15-5-3-2-4-6-15/h2-6,8-11,14,18H,7,12-13H2,1H3,(H,21,22)/t14?,18-/m1/s1. The minimum absolute atomic E-state index is 0.0503. The summed E-state index contributed by atoms with van der Waals surface area (Å²) in [5, 5.41) is 9.38. The number of carboxylic acid groups (broad SMARTS) is 1. The molecule has 1 heterocycles. The molecule has 0 saturated carbocycles. The summed E-state index contributed by atoms with van der Waals surface area (Å²) in [7, 11) is 0. The van der Waals surface area contributed by atoms with Crippen molar-refractivity contribution in [3.63, 3.8) is 0 Å². The maximum Gasteiger partial charge on any atom is 0.408 e. The van der Waals surface area contributed by atoms with Gasteiger partial charge in [-0.05, 0) is 43.0 Å². The van der Waals surface area contributed by atoms with E-state index in [1.165, 1.54) is 0 Å². The van der Waals surface area contributed by atoms with Crippen LogP contribution in [0.2, 0.25) is 0 Å². The lowest BCUT2D eigenvalue weighted by atomic mass is 10.0. The quantitative estimate of drug-likeness (QED) is 0.906. The van der Waals surface area contributed by atoms with Crippen molar-refractivity contribution in [1.82, 2.24) is 4.90 Å². The normalized spacial score (nSPS) is 20.5. The number of benzene rings is 2. The Labute approximate surface area is 136 Å². The number of nitrogens with zero attached hydrogens (tertiary/aromatic N) is 1. The molecule has 1 saturated heterocycles. The van der Waals surface area contributed by atoms with Gasteiger partial charge in [0.1, 0.15) is 12.4 Å². The fraction of sp³-hybridized carbons (Fsp3) is 0.316. The van der Waals surface area contributed by atoms with Gasteiger partial charge in [-0.2, -0.15) is 0 Å². The van der Waals surface area contributed by atoms with Gasteiger partial charge in [0, 0.05) is 6.04 Å². The topological polar surface area (TPSA) is 49.8 Å². The van der Waals surface area contributed by atoms with Crippen LogP contribution in [-0.2, 0) is 6.61 Å². The van der Waals surface area contributed by atoms with Gasteiger partial charge in [-0.3, -0.25) is 4.90 Å². The average molecular weight is 311 g/mol. The van der Waals surface area contributed by atoms with Crippen LogP contribution in [0.3, 0.4) is 0 Å². The van der Waals surface area contributed by atoms with E-state index in [1.807, 2.05) is 61.5 Å². The Bertz CT molecular complexity index is 654. The van der Waals surface area contributed by atoms with E-state index in [-0.39, 0.29) is 12.1 Å². The van der Waals surface area contributed by atoms with E-state index in [0.29, 0.717) is 6.61 Å². The Morgan fingerprint density at radius 1 is 1.13 bits per heavy atom. The van der Waals surface area contributed by atoms with E-state index in [1.54, 1.807) is 4.90 Å². The van der Waals surface area contributed by atoms with Gasteiger partial charge in [0.2, 0.25) is 0 Å². The number of hydrogen-bond acceptors (Lipinski definition) is 2. The third-order valence-electron chi connectivity index (χ3n) is 4.40. The highest BCUT2D eigenvalue weighted by Gasteiger charge is 2.35. The maximum absolute atomic E-state index is 11.4. The molecule has 1 aliphatic heterocycles. The summed E-state index contributed by atoms with van der Waals surface area (Å²) in [5.74, 6) is 0.797. The second-order valence-electron chi connectivity index (χ2n) is 5.98. The van der Waals surface area contributed by atoms with Crippen LogP contribution in [-0.4, -0.2) is 22.1 Å². The van der Waals surface area contributed by atoms with Crippen LogP contribution in [0, 0.1) is 0 Å². The molecule has 0 aliphatic carbocycles. The number of hydrogen-bond donors (Lipinski definition) is 1. The number of ether oxygens (including phenoxy) is 1. The van der Waals surface area contributed by atoms with Gasteiger partial charge >= 0.3 is 6.09 Å². The summed E-state index contributed by atoms with van der Waals surface area (Å²) in [6.07, 6.45) is 0.936. The zero-order valence-corrected chi connectivity index (χ0v) is 13.2. The van der Waals surface area contributed by atoms with Crippen LogP contribution in [0.4, 0.5) is 4.79 Å². The fourth-order valence-corrected chi connectivity index (χ4v) is 3.16. The van der Waals surface area contributed by atoms with E-state index in [9.17, 15) is 9.90 Å². The van der Waals surface area contributed by atoms with Gasteiger partial charge in [-0.15, -0.1) is 0 Å². The Kier molecular flexibility index (Phi) is 4.51. The predicted molar refractivity (Wildman–Crippen MR) is 88.5 cm³/mol. The smallest absolute Gasteiger partial charge is 0.408 e. The lowest BCUT2D eigenvalue weighted by Crippen LogP contribution is -2.34. The molecule has 4 nitrogen and oxygen atoms in total. The number of carbonyl (C=O) groups is 1. The molecular formula is C19H21NO3. The SMILES string of the molecule is CC1CC[C@H](c2ccc(OCc3ccccc3)cc2)N1C(=O)O. The minimum Gasteiger partial charge on any atom is -0.489 e. The highest BCUT2D eigenvalue weighted by atomic mass is 16.5. The molecule has 2 atom stereocenters. The third-order valence-corrected chi connectivity index (χ3v) is 4.40. The molecule has 2 aromatic carbocycles. The zero-order chi connectivity index (χ0) is 16.2. The molecule has 1 amide bonds. The molecular weight excluding hydrogens is 290 g/mol. The predicted octanol–water partition coefficient (Wildman–Crippen LogP) is 4.47. The Hall–Kier alpha value is -2.49. The second-order valence-corrected chi connectivity index (χ2v) is 5.98. The van der Waals surface area contributed by atoms with E-state index >= 15 is 0 Å². The molecule has 1 fully saturated rings. The lowest BCUT2D eigenvalue weighted by Gasteiger charge is -2.25. The molecule has 2 aromatic rings. The van der Waals surface area contributed by atoms with Gasteiger partial charge in [-0.25, -0.2) is 4.79 Å². The first-order valence-electron chi connectivity index (χ1n) is 7.93. The highest BCUT2D eigenvalue weighted by Crippen LogP contribution is 2.36. The molecule has 0 aromatic heterocycles. The first kappa shape index (κ1) is 15.4. The van der Waals surface area contributed by atoms with Crippen molar-refractivity contribution in [2.75, 3.05) is 0 Å². The largest absolute Gasteiger partial charge is 0.489 e. The van der Waals surface area contributed by atoms with Crippen molar-refractivity contribution in [2.45, 2.75) is 38.5 Å². The lowest BCUT2D eigenvalue weighted by molar-refractivity contribution is 0.125. The Morgan fingerprint density at radius 2 is 1.83 bits per heavy atom.